The maximum Gasteiger partial charge on any atom is 0.274 e. The van der Waals surface area contributed by atoms with Gasteiger partial charge in [-0.15, -0.1) is 0 Å². The molecule has 0 spiro atoms. The number of ether oxygens (including phenoxy) is 1. The van der Waals surface area contributed by atoms with Gasteiger partial charge in [-0.05, 0) is 56.8 Å². The summed E-state index contributed by atoms with van der Waals surface area (Å²) in [5.41, 5.74) is 1.66. The van der Waals surface area contributed by atoms with E-state index in [1.165, 1.54) is 12.8 Å². The van der Waals surface area contributed by atoms with Crippen LogP contribution in [0.1, 0.15) is 25.7 Å². The Morgan fingerprint density at radius 3 is 2.69 bits per heavy atom. The average molecular weight is 355 g/mol. The van der Waals surface area contributed by atoms with Crippen LogP contribution in [-0.4, -0.2) is 48.0 Å². The molecule has 2 aromatic rings. The zero-order chi connectivity index (χ0) is 18.2. The summed E-state index contributed by atoms with van der Waals surface area (Å²) in [7, 11) is 2.19. The Hall–Kier alpha value is -1.98. The molecule has 1 aliphatic heterocycles. The van der Waals surface area contributed by atoms with E-state index in [2.05, 4.69) is 17.0 Å². The van der Waals surface area contributed by atoms with Gasteiger partial charge in [-0.2, -0.15) is 5.10 Å². The third kappa shape index (κ3) is 5.26. The summed E-state index contributed by atoms with van der Waals surface area (Å²) in [6, 6.07) is 11.6. The molecular formula is C21H29N3O2. The van der Waals surface area contributed by atoms with Crippen molar-refractivity contribution in [3.05, 3.63) is 52.9 Å². The molecule has 0 atom stereocenters. The molecule has 140 valence electrons. The van der Waals surface area contributed by atoms with Crippen LogP contribution in [0.25, 0.3) is 11.1 Å². The first-order valence-electron chi connectivity index (χ1n) is 9.62. The van der Waals surface area contributed by atoms with Crippen molar-refractivity contribution >= 4 is 0 Å². The van der Waals surface area contributed by atoms with Gasteiger partial charge >= 0.3 is 0 Å². The van der Waals surface area contributed by atoms with E-state index in [1.807, 2.05) is 30.3 Å². The van der Waals surface area contributed by atoms with E-state index in [9.17, 15) is 4.79 Å². The largest absolute Gasteiger partial charge is 0.381 e. The van der Waals surface area contributed by atoms with Crippen LogP contribution in [0.4, 0.5) is 0 Å². The molecule has 0 unspecified atom stereocenters. The van der Waals surface area contributed by atoms with Gasteiger partial charge in [0.05, 0.1) is 5.56 Å². The fourth-order valence-electron chi connectivity index (χ4n) is 3.55. The first-order valence-corrected chi connectivity index (χ1v) is 9.62. The molecule has 26 heavy (non-hydrogen) atoms. The van der Waals surface area contributed by atoms with E-state index >= 15 is 0 Å². The van der Waals surface area contributed by atoms with Crippen LogP contribution < -0.4 is 5.56 Å². The lowest BCUT2D eigenvalue weighted by Gasteiger charge is -2.27. The number of rotatable bonds is 8. The molecule has 5 nitrogen and oxygen atoms in total. The number of aromatic nitrogens is 2. The molecule has 1 aromatic heterocycles. The Morgan fingerprint density at radius 1 is 1.15 bits per heavy atom. The SMILES string of the molecule is CN(CCCCn1nccc(-c2ccccc2)c1=O)CC1CCOCC1. The van der Waals surface area contributed by atoms with Crippen LogP contribution in [-0.2, 0) is 11.3 Å². The van der Waals surface area contributed by atoms with Gasteiger partial charge in [-0.1, -0.05) is 30.3 Å². The number of aryl methyl sites for hydroxylation is 1. The van der Waals surface area contributed by atoms with Crippen molar-refractivity contribution in [1.82, 2.24) is 14.7 Å². The molecule has 0 amide bonds. The fourth-order valence-corrected chi connectivity index (χ4v) is 3.55. The summed E-state index contributed by atoms with van der Waals surface area (Å²) in [6.45, 7) is 4.69. The summed E-state index contributed by atoms with van der Waals surface area (Å²) in [5, 5.41) is 4.25. The standard InChI is InChI=1S/C21H29N3O2/c1-23(17-18-10-15-26-16-11-18)13-5-6-14-24-21(25)20(9-12-22-24)19-7-3-2-4-8-19/h2-4,7-9,12,18H,5-6,10-11,13-17H2,1H3. The topological polar surface area (TPSA) is 47.4 Å². The molecule has 1 saturated heterocycles. The van der Waals surface area contributed by atoms with Gasteiger partial charge in [0, 0.05) is 32.5 Å². The molecule has 1 fully saturated rings. The van der Waals surface area contributed by atoms with Crippen LogP contribution in [0, 0.1) is 5.92 Å². The molecular weight excluding hydrogens is 326 g/mol. The van der Waals surface area contributed by atoms with Crippen molar-refractivity contribution in [2.45, 2.75) is 32.2 Å². The molecule has 1 aliphatic rings. The van der Waals surface area contributed by atoms with Gasteiger partial charge in [0.2, 0.25) is 0 Å². The van der Waals surface area contributed by atoms with Crippen molar-refractivity contribution < 1.29 is 4.74 Å². The Bertz CT molecular complexity index is 724. The van der Waals surface area contributed by atoms with Crippen LogP contribution in [0.2, 0.25) is 0 Å². The van der Waals surface area contributed by atoms with Crippen LogP contribution in [0.5, 0.6) is 0 Å². The summed E-state index contributed by atoms with van der Waals surface area (Å²) >= 11 is 0. The Labute approximate surface area is 155 Å². The maximum atomic E-state index is 12.6. The third-order valence-electron chi connectivity index (χ3n) is 5.07. The van der Waals surface area contributed by atoms with Crippen LogP contribution >= 0.6 is 0 Å². The first-order chi connectivity index (χ1) is 12.7. The molecule has 0 radical (unpaired) electrons. The molecule has 0 aliphatic carbocycles. The van der Waals surface area contributed by atoms with Crippen LogP contribution in [0.15, 0.2) is 47.4 Å². The Kier molecular flexibility index (Phi) is 6.97. The normalized spacial score (nSPS) is 15.5. The maximum absolute atomic E-state index is 12.6. The average Bonchev–Trinajstić information content (AvgIpc) is 2.68. The number of hydrogen-bond donors (Lipinski definition) is 0. The third-order valence-corrected chi connectivity index (χ3v) is 5.07. The highest BCUT2D eigenvalue weighted by Crippen LogP contribution is 2.16. The second kappa shape index (κ2) is 9.64. The van der Waals surface area contributed by atoms with E-state index in [1.54, 1.807) is 16.9 Å². The second-order valence-corrected chi connectivity index (χ2v) is 7.16. The minimum atomic E-state index is -0.00531. The van der Waals surface area contributed by atoms with Crippen LogP contribution in [0.3, 0.4) is 0 Å². The molecule has 0 N–H and O–H groups in total. The lowest BCUT2D eigenvalue weighted by molar-refractivity contribution is 0.0555. The molecule has 2 heterocycles. The lowest BCUT2D eigenvalue weighted by Crippen LogP contribution is -2.30. The fraction of sp³-hybridized carbons (Fsp3) is 0.524. The highest BCUT2D eigenvalue weighted by Gasteiger charge is 2.15. The Balaban J connectivity index is 1.47. The summed E-state index contributed by atoms with van der Waals surface area (Å²) in [6.07, 6.45) is 6.11. The molecule has 3 rings (SSSR count). The van der Waals surface area contributed by atoms with Gasteiger partial charge in [-0.3, -0.25) is 4.79 Å². The van der Waals surface area contributed by atoms with Gasteiger partial charge in [0.25, 0.3) is 5.56 Å². The van der Waals surface area contributed by atoms with Gasteiger partial charge < -0.3 is 9.64 Å². The summed E-state index contributed by atoms with van der Waals surface area (Å²) in [4.78, 5) is 15.0. The Morgan fingerprint density at radius 2 is 1.92 bits per heavy atom. The highest BCUT2D eigenvalue weighted by molar-refractivity contribution is 5.61. The molecule has 0 bridgehead atoms. The van der Waals surface area contributed by atoms with E-state index in [0.717, 1.165) is 56.2 Å². The minimum absolute atomic E-state index is 0.00531. The zero-order valence-corrected chi connectivity index (χ0v) is 15.6. The zero-order valence-electron chi connectivity index (χ0n) is 15.6. The van der Waals surface area contributed by atoms with E-state index in [-0.39, 0.29) is 5.56 Å². The van der Waals surface area contributed by atoms with Crippen molar-refractivity contribution in [3.63, 3.8) is 0 Å². The van der Waals surface area contributed by atoms with E-state index in [4.69, 9.17) is 4.74 Å². The van der Waals surface area contributed by atoms with Crippen molar-refractivity contribution in [2.24, 2.45) is 5.92 Å². The summed E-state index contributed by atoms with van der Waals surface area (Å²) in [5.74, 6) is 0.764. The van der Waals surface area contributed by atoms with Gasteiger partial charge in [-0.25, -0.2) is 4.68 Å². The van der Waals surface area contributed by atoms with Gasteiger partial charge in [0.1, 0.15) is 0 Å². The minimum Gasteiger partial charge on any atom is -0.381 e. The monoisotopic (exact) mass is 355 g/mol. The number of benzene rings is 1. The van der Waals surface area contributed by atoms with Crippen molar-refractivity contribution in [1.29, 1.82) is 0 Å². The highest BCUT2D eigenvalue weighted by atomic mass is 16.5. The lowest BCUT2D eigenvalue weighted by atomic mass is 10.00. The molecule has 0 saturated carbocycles. The van der Waals surface area contributed by atoms with Crippen molar-refractivity contribution in [3.8, 4) is 11.1 Å². The number of hydrogen-bond acceptors (Lipinski definition) is 4. The van der Waals surface area contributed by atoms with Gasteiger partial charge in [0.15, 0.2) is 0 Å². The first kappa shape index (κ1) is 18.8. The smallest absolute Gasteiger partial charge is 0.274 e. The number of unbranched alkanes of at least 4 members (excludes halogenated alkanes) is 1. The predicted octanol–water partition coefficient (Wildman–Crippen LogP) is 3.05. The molecule has 1 aromatic carbocycles. The quantitative estimate of drug-likeness (QED) is 0.683. The van der Waals surface area contributed by atoms with E-state index < -0.39 is 0 Å². The number of nitrogens with zero attached hydrogens (tertiary/aromatic N) is 3. The summed E-state index contributed by atoms with van der Waals surface area (Å²) < 4.78 is 7.02. The molecule has 5 heteroatoms. The predicted molar refractivity (Wildman–Crippen MR) is 104 cm³/mol. The van der Waals surface area contributed by atoms with E-state index in [0.29, 0.717) is 6.54 Å². The van der Waals surface area contributed by atoms with Crippen molar-refractivity contribution in [2.75, 3.05) is 33.4 Å². The second-order valence-electron chi connectivity index (χ2n) is 7.16.